The lowest BCUT2D eigenvalue weighted by atomic mass is 9.95. The maximum absolute atomic E-state index is 13.4. The van der Waals surface area contributed by atoms with Crippen molar-refractivity contribution in [2.75, 3.05) is 26.7 Å². The Morgan fingerprint density at radius 2 is 1.96 bits per heavy atom. The molecule has 4 nitrogen and oxygen atoms in total. The van der Waals surface area contributed by atoms with Gasteiger partial charge < -0.3 is 10.2 Å². The van der Waals surface area contributed by atoms with Crippen LogP contribution in [-0.4, -0.2) is 47.9 Å². The second-order valence-corrected chi connectivity index (χ2v) is 7.32. The van der Waals surface area contributed by atoms with Crippen molar-refractivity contribution in [2.24, 2.45) is 0 Å². The Hall–Kier alpha value is -1.60. The van der Waals surface area contributed by atoms with Crippen LogP contribution in [0.1, 0.15) is 40.9 Å². The number of benzene rings is 1. The van der Waals surface area contributed by atoms with E-state index in [4.69, 9.17) is 0 Å². The summed E-state index contributed by atoms with van der Waals surface area (Å²) in [6.45, 7) is 7.05. The Balaban J connectivity index is 1.95. The molecular formula is C17H22F3N3O. The summed E-state index contributed by atoms with van der Waals surface area (Å²) in [5.41, 5.74) is -0.0659. The molecule has 1 aromatic carbocycles. The van der Waals surface area contributed by atoms with E-state index < -0.39 is 17.6 Å². The molecule has 1 amide bonds. The number of carbonyl (C=O) groups excluding carboxylic acids is 1. The van der Waals surface area contributed by atoms with Gasteiger partial charge in [0.2, 0.25) is 0 Å². The van der Waals surface area contributed by atoms with Crippen molar-refractivity contribution >= 4 is 5.91 Å². The quantitative estimate of drug-likeness (QED) is 0.898. The topological polar surface area (TPSA) is 35.6 Å². The summed E-state index contributed by atoms with van der Waals surface area (Å²) in [6, 6.07) is 2.81. The molecule has 132 valence electrons. The fourth-order valence-electron chi connectivity index (χ4n) is 3.68. The lowest BCUT2D eigenvalue weighted by Crippen LogP contribution is -2.57. The number of likely N-dealkylation sites (N-methyl/N-ethyl adjacent to an activating group) is 1. The van der Waals surface area contributed by atoms with Crippen molar-refractivity contribution in [1.29, 1.82) is 0 Å². The number of fused-ring (bicyclic) bond motifs is 1. The largest absolute Gasteiger partial charge is 0.416 e. The highest BCUT2D eigenvalue weighted by Gasteiger charge is 2.38. The third kappa shape index (κ3) is 3.15. The molecule has 0 atom stereocenters. The first kappa shape index (κ1) is 17.2. The van der Waals surface area contributed by atoms with Gasteiger partial charge in [-0.3, -0.25) is 9.69 Å². The van der Waals surface area contributed by atoms with Gasteiger partial charge in [-0.15, -0.1) is 0 Å². The normalized spacial score (nSPS) is 21.7. The zero-order valence-electron chi connectivity index (χ0n) is 14.1. The average Bonchev–Trinajstić information content (AvgIpc) is 2.81. The van der Waals surface area contributed by atoms with E-state index in [0.717, 1.165) is 19.6 Å². The smallest absolute Gasteiger partial charge is 0.348 e. The number of piperazine rings is 1. The van der Waals surface area contributed by atoms with Gasteiger partial charge in [-0.05, 0) is 44.2 Å². The zero-order valence-corrected chi connectivity index (χ0v) is 14.1. The molecule has 0 unspecified atom stereocenters. The van der Waals surface area contributed by atoms with Crippen LogP contribution in [0.25, 0.3) is 0 Å². The summed E-state index contributed by atoms with van der Waals surface area (Å²) >= 11 is 0. The van der Waals surface area contributed by atoms with Crippen molar-refractivity contribution in [3.05, 3.63) is 34.4 Å². The van der Waals surface area contributed by atoms with Gasteiger partial charge in [-0.25, -0.2) is 0 Å². The molecule has 2 aliphatic heterocycles. The van der Waals surface area contributed by atoms with Crippen LogP contribution >= 0.6 is 0 Å². The van der Waals surface area contributed by atoms with Crippen molar-refractivity contribution in [2.45, 2.75) is 38.7 Å². The number of nitrogens with one attached hydrogen (secondary N) is 1. The number of hydrogen-bond donors (Lipinski definition) is 1. The predicted molar refractivity (Wildman–Crippen MR) is 84.6 cm³/mol. The van der Waals surface area contributed by atoms with Crippen molar-refractivity contribution in [3.8, 4) is 0 Å². The Morgan fingerprint density at radius 1 is 1.25 bits per heavy atom. The molecule has 0 aromatic heterocycles. The maximum atomic E-state index is 13.4. The molecular weight excluding hydrogens is 319 g/mol. The van der Waals surface area contributed by atoms with Crippen LogP contribution in [0.5, 0.6) is 0 Å². The third-order valence-corrected chi connectivity index (χ3v) is 4.92. The highest BCUT2D eigenvalue weighted by Crippen LogP contribution is 2.36. The molecule has 1 aromatic rings. The number of amides is 1. The summed E-state index contributed by atoms with van der Waals surface area (Å²) in [4.78, 5) is 16.3. The highest BCUT2D eigenvalue weighted by atomic mass is 19.4. The van der Waals surface area contributed by atoms with Gasteiger partial charge in [-0.2, -0.15) is 13.2 Å². The highest BCUT2D eigenvalue weighted by molar-refractivity contribution is 5.99. The summed E-state index contributed by atoms with van der Waals surface area (Å²) in [6.07, 6.45) is -4.45. The van der Waals surface area contributed by atoms with Gasteiger partial charge in [0, 0.05) is 43.8 Å². The molecule has 0 bridgehead atoms. The molecule has 2 aliphatic rings. The second kappa shape index (κ2) is 5.74. The average molecular weight is 341 g/mol. The van der Waals surface area contributed by atoms with Crippen LogP contribution in [-0.2, 0) is 19.3 Å². The minimum absolute atomic E-state index is 0.0523. The molecule has 0 saturated carbocycles. The van der Waals surface area contributed by atoms with Gasteiger partial charge >= 0.3 is 6.18 Å². The molecule has 0 aliphatic carbocycles. The molecule has 2 heterocycles. The molecule has 0 radical (unpaired) electrons. The summed E-state index contributed by atoms with van der Waals surface area (Å²) < 4.78 is 40.1. The number of hydrogen-bond acceptors (Lipinski definition) is 3. The predicted octanol–water partition coefficient (Wildman–Crippen LogP) is 2.47. The molecule has 24 heavy (non-hydrogen) atoms. The fourth-order valence-corrected chi connectivity index (χ4v) is 3.68. The van der Waals surface area contributed by atoms with E-state index in [1.807, 2.05) is 7.05 Å². The van der Waals surface area contributed by atoms with Gasteiger partial charge in [0.05, 0.1) is 5.56 Å². The van der Waals surface area contributed by atoms with Crippen LogP contribution < -0.4 is 5.32 Å². The third-order valence-electron chi connectivity index (χ3n) is 4.92. The molecule has 1 fully saturated rings. The first-order valence-electron chi connectivity index (χ1n) is 8.03. The van der Waals surface area contributed by atoms with Crippen LogP contribution in [0.3, 0.4) is 0 Å². The first-order chi connectivity index (χ1) is 11.1. The standard InChI is InChI=1S/C17H22F3N3O/c1-16(2)10-22(3)4-5-23(16)9-11-6-12-13(8-21-15(12)24)14(7-11)17(18,19)20/h6-7H,4-5,8-10H2,1-3H3,(H,21,24). The monoisotopic (exact) mass is 341 g/mol. The van der Waals surface area contributed by atoms with E-state index in [0.29, 0.717) is 12.1 Å². The number of halogens is 3. The Labute approximate surface area is 139 Å². The van der Waals surface area contributed by atoms with Crippen molar-refractivity contribution in [3.63, 3.8) is 0 Å². The maximum Gasteiger partial charge on any atom is 0.416 e. The second-order valence-electron chi connectivity index (χ2n) is 7.32. The van der Waals surface area contributed by atoms with E-state index in [2.05, 4.69) is 29.0 Å². The Kier molecular flexibility index (Phi) is 4.12. The van der Waals surface area contributed by atoms with E-state index in [1.165, 1.54) is 6.07 Å². The van der Waals surface area contributed by atoms with Crippen molar-refractivity contribution < 1.29 is 18.0 Å². The molecule has 0 spiro atoms. The van der Waals surface area contributed by atoms with Crippen molar-refractivity contribution in [1.82, 2.24) is 15.1 Å². The van der Waals surface area contributed by atoms with E-state index in [9.17, 15) is 18.0 Å². The van der Waals surface area contributed by atoms with Gasteiger partial charge in [0.1, 0.15) is 0 Å². The van der Waals surface area contributed by atoms with E-state index >= 15 is 0 Å². The SMILES string of the molecule is CN1CCN(Cc2cc3c(c(C(F)(F)F)c2)CNC3=O)C(C)(C)C1. The minimum Gasteiger partial charge on any atom is -0.348 e. The van der Waals surface area contributed by atoms with Crippen LogP contribution in [0.2, 0.25) is 0 Å². The molecule has 7 heteroatoms. The fraction of sp³-hybridized carbons (Fsp3) is 0.588. The van der Waals surface area contributed by atoms with Gasteiger partial charge in [0.15, 0.2) is 0 Å². The lowest BCUT2D eigenvalue weighted by Gasteiger charge is -2.46. The lowest BCUT2D eigenvalue weighted by molar-refractivity contribution is -0.138. The Bertz CT molecular complexity index is 670. The van der Waals surface area contributed by atoms with Crippen LogP contribution in [0, 0.1) is 0 Å². The summed E-state index contributed by atoms with van der Waals surface area (Å²) in [7, 11) is 2.04. The number of rotatable bonds is 2. The number of alkyl halides is 3. The summed E-state index contributed by atoms with van der Waals surface area (Å²) in [5, 5.41) is 2.49. The Morgan fingerprint density at radius 3 is 2.58 bits per heavy atom. The number of nitrogens with zero attached hydrogens (tertiary/aromatic N) is 2. The molecule has 3 rings (SSSR count). The first-order valence-corrected chi connectivity index (χ1v) is 8.03. The number of carbonyl (C=O) groups is 1. The zero-order chi connectivity index (χ0) is 17.7. The van der Waals surface area contributed by atoms with Gasteiger partial charge in [0.25, 0.3) is 5.91 Å². The van der Waals surface area contributed by atoms with Gasteiger partial charge in [-0.1, -0.05) is 0 Å². The van der Waals surface area contributed by atoms with Crippen LogP contribution in [0.15, 0.2) is 12.1 Å². The van der Waals surface area contributed by atoms with E-state index in [1.54, 1.807) is 6.07 Å². The molecule has 1 saturated heterocycles. The van der Waals surface area contributed by atoms with E-state index in [-0.39, 0.29) is 23.2 Å². The molecule has 1 N–H and O–H groups in total. The minimum atomic E-state index is -4.45. The van der Waals surface area contributed by atoms with Crippen LogP contribution in [0.4, 0.5) is 13.2 Å². The summed E-state index contributed by atoms with van der Waals surface area (Å²) in [5.74, 6) is -0.421.